The van der Waals surface area contributed by atoms with Gasteiger partial charge in [0.15, 0.2) is 11.6 Å². The third kappa shape index (κ3) is 4.34. The quantitative estimate of drug-likeness (QED) is 0.876. The second kappa shape index (κ2) is 7.17. The van der Waals surface area contributed by atoms with Gasteiger partial charge in [-0.1, -0.05) is 6.07 Å². The number of hydrogen-bond acceptors (Lipinski definition) is 3. The van der Waals surface area contributed by atoms with Crippen molar-refractivity contribution in [3.8, 4) is 5.75 Å². The van der Waals surface area contributed by atoms with E-state index in [2.05, 4.69) is 10.6 Å². The molecule has 1 aliphatic heterocycles. The summed E-state index contributed by atoms with van der Waals surface area (Å²) in [7, 11) is 1.42. The fourth-order valence-corrected chi connectivity index (χ4v) is 2.99. The smallest absolute Gasteiger partial charge is 0.315 e. The number of ether oxygens (including phenoxy) is 2. The lowest BCUT2D eigenvalue weighted by Crippen LogP contribution is -2.46. The largest absolute Gasteiger partial charge is 0.494 e. The van der Waals surface area contributed by atoms with Crippen LogP contribution in [0.15, 0.2) is 18.2 Å². The van der Waals surface area contributed by atoms with Crippen molar-refractivity contribution in [2.75, 3.05) is 13.7 Å². The topological polar surface area (TPSA) is 59.6 Å². The van der Waals surface area contributed by atoms with Crippen molar-refractivity contribution < 1.29 is 18.7 Å². The zero-order valence-corrected chi connectivity index (χ0v) is 13.3. The zero-order chi connectivity index (χ0) is 16.2. The molecule has 0 radical (unpaired) electrons. The van der Waals surface area contributed by atoms with Crippen LogP contribution in [0.4, 0.5) is 9.18 Å². The Morgan fingerprint density at radius 3 is 2.91 bits per heavy atom. The molecule has 5 nitrogen and oxygen atoms in total. The Morgan fingerprint density at radius 1 is 1.39 bits per heavy atom. The predicted octanol–water partition coefficient (Wildman–Crippen LogP) is 2.59. The standard InChI is InChI=1S/C17H23FN2O3/c1-22-15-5-2-11(8-14(15)18)10-19-17(21)20-13-6-7-23-16(9-13)12-3-4-12/h2,5,8,12-13,16H,3-4,6-7,9-10H2,1H3,(H2,19,20,21)/t13-,16-/m1/s1. The molecular formula is C17H23FN2O3. The van der Waals surface area contributed by atoms with Gasteiger partial charge in [-0.25, -0.2) is 9.18 Å². The van der Waals surface area contributed by atoms with E-state index in [1.807, 2.05) is 0 Å². The third-order valence-corrected chi connectivity index (χ3v) is 4.47. The minimum absolute atomic E-state index is 0.155. The Hall–Kier alpha value is -1.82. The molecule has 1 saturated carbocycles. The fourth-order valence-electron chi connectivity index (χ4n) is 2.99. The maximum atomic E-state index is 13.6. The van der Waals surface area contributed by atoms with Crippen molar-refractivity contribution in [3.63, 3.8) is 0 Å². The van der Waals surface area contributed by atoms with Gasteiger partial charge in [0.25, 0.3) is 0 Å². The Bertz CT molecular complexity index is 563. The monoisotopic (exact) mass is 322 g/mol. The summed E-state index contributed by atoms with van der Waals surface area (Å²) in [5, 5.41) is 5.76. The first-order valence-corrected chi connectivity index (χ1v) is 8.14. The fraction of sp³-hybridized carbons (Fsp3) is 0.588. The van der Waals surface area contributed by atoms with Crippen molar-refractivity contribution >= 4 is 6.03 Å². The van der Waals surface area contributed by atoms with Gasteiger partial charge >= 0.3 is 6.03 Å². The first kappa shape index (κ1) is 16.1. The number of benzene rings is 1. The first-order chi connectivity index (χ1) is 11.2. The van der Waals surface area contributed by atoms with Crippen LogP contribution in [-0.2, 0) is 11.3 Å². The highest BCUT2D eigenvalue weighted by Crippen LogP contribution is 2.38. The zero-order valence-electron chi connectivity index (χ0n) is 13.3. The molecule has 126 valence electrons. The Morgan fingerprint density at radius 2 is 2.22 bits per heavy atom. The van der Waals surface area contributed by atoms with Crippen LogP contribution in [0.3, 0.4) is 0 Å². The molecule has 2 aliphatic rings. The molecule has 0 unspecified atom stereocenters. The second-order valence-corrected chi connectivity index (χ2v) is 6.26. The van der Waals surface area contributed by atoms with E-state index < -0.39 is 5.82 Å². The molecule has 1 saturated heterocycles. The molecule has 23 heavy (non-hydrogen) atoms. The lowest BCUT2D eigenvalue weighted by molar-refractivity contribution is -0.00914. The molecule has 2 N–H and O–H groups in total. The van der Waals surface area contributed by atoms with Gasteiger partial charge < -0.3 is 20.1 Å². The van der Waals surface area contributed by atoms with Gasteiger partial charge in [0.1, 0.15) is 0 Å². The summed E-state index contributed by atoms with van der Waals surface area (Å²) in [5.41, 5.74) is 0.696. The Labute approximate surface area is 135 Å². The molecule has 1 aromatic rings. The molecule has 6 heteroatoms. The average Bonchev–Trinajstić information content (AvgIpc) is 3.38. The summed E-state index contributed by atoms with van der Waals surface area (Å²) in [6.45, 7) is 0.984. The highest BCUT2D eigenvalue weighted by molar-refractivity contribution is 5.74. The van der Waals surface area contributed by atoms with E-state index >= 15 is 0 Å². The van der Waals surface area contributed by atoms with Crippen LogP contribution in [0, 0.1) is 11.7 Å². The number of amides is 2. The number of nitrogens with one attached hydrogen (secondary N) is 2. The van der Waals surface area contributed by atoms with Crippen LogP contribution in [0.2, 0.25) is 0 Å². The summed E-state index contributed by atoms with van der Waals surface area (Å²) in [4.78, 5) is 12.0. The number of methoxy groups -OCH3 is 1. The Balaban J connectivity index is 1.44. The van der Waals surface area contributed by atoms with E-state index in [4.69, 9.17) is 9.47 Å². The van der Waals surface area contributed by atoms with E-state index in [0.29, 0.717) is 24.2 Å². The third-order valence-electron chi connectivity index (χ3n) is 4.47. The maximum absolute atomic E-state index is 13.6. The molecule has 0 bridgehead atoms. The van der Waals surface area contributed by atoms with E-state index in [0.717, 1.165) is 12.8 Å². The lowest BCUT2D eigenvalue weighted by atomic mass is 10.0. The molecule has 1 aliphatic carbocycles. The molecule has 0 spiro atoms. The molecule has 2 fully saturated rings. The van der Waals surface area contributed by atoms with Gasteiger partial charge in [-0.15, -0.1) is 0 Å². The number of rotatable bonds is 5. The van der Waals surface area contributed by atoms with Crippen molar-refractivity contribution in [1.82, 2.24) is 10.6 Å². The summed E-state index contributed by atoms with van der Waals surface area (Å²) < 4.78 is 24.2. The number of halogens is 1. The predicted molar refractivity (Wildman–Crippen MR) is 83.8 cm³/mol. The summed E-state index contributed by atoms with van der Waals surface area (Å²) in [6.07, 6.45) is 4.51. The van der Waals surface area contributed by atoms with Crippen LogP contribution < -0.4 is 15.4 Å². The minimum Gasteiger partial charge on any atom is -0.494 e. The minimum atomic E-state index is -0.427. The van der Waals surface area contributed by atoms with Crippen molar-refractivity contribution in [2.24, 2.45) is 5.92 Å². The van der Waals surface area contributed by atoms with Crippen molar-refractivity contribution in [1.29, 1.82) is 0 Å². The lowest BCUT2D eigenvalue weighted by Gasteiger charge is -2.30. The van der Waals surface area contributed by atoms with E-state index in [1.54, 1.807) is 12.1 Å². The van der Waals surface area contributed by atoms with E-state index in [-0.39, 0.29) is 24.4 Å². The number of carbonyl (C=O) groups excluding carboxylic acids is 1. The van der Waals surface area contributed by atoms with Gasteiger partial charge in [-0.05, 0) is 49.3 Å². The number of urea groups is 1. The summed E-state index contributed by atoms with van der Waals surface area (Å²) in [6, 6.07) is 4.60. The summed E-state index contributed by atoms with van der Waals surface area (Å²) in [5.74, 6) is 0.459. The molecule has 0 aromatic heterocycles. The van der Waals surface area contributed by atoms with Crippen molar-refractivity contribution in [2.45, 2.75) is 44.4 Å². The van der Waals surface area contributed by atoms with Gasteiger partial charge in [0, 0.05) is 19.2 Å². The first-order valence-electron chi connectivity index (χ1n) is 8.14. The van der Waals surface area contributed by atoms with Crippen LogP contribution in [0.1, 0.15) is 31.2 Å². The Kier molecular flexibility index (Phi) is 5.00. The number of hydrogen-bond donors (Lipinski definition) is 2. The van der Waals surface area contributed by atoms with Crippen molar-refractivity contribution in [3.05, 3.63) is 29.6 Å². The summed E-state index contributed by atoms with van der Waals surface area (Å²) >= 11 is 0. The van der Waals surface area contributed by atoms with Crippen LogP contribution in [0.25, 0.3) is 0 Å². The van der Waals surface area contributed by atoms with Crippen LogP contribution in [0.5, 0.6) is 5.75 Å². The maximum Gasteiger partial charge on any atom is 0.315 e. The van der Waals surface area contributed by atoms with Gasteiger partial charge in [0.05, 0.1) is 13.2 Å². The highest BCUT2D eigenvalue weighted by atomic mass is 19.1. The molecular weight excluding hydrogens is 299 g/mol. The van der Waals surface area contributed by atoms with E-state index in [9.17, 15) is 9.18 Å². The molecule has 2 amide bonds. The van der Waals surface area contributed by atoms with E-state index in [1.165, 1.54) is 26.0 Å². The SMILES string of the molecule is COc1ccc(CNC(=O)N[C@@H]2CCO[C@@H](C3CC3)C2)cc1F. The second-order valence-electron chi connectivity index (χ2n) is 6.26. The molecule has 1 aromatic carbocycles. The highest BCUT2D eigenvalue weighted by Gasteiger charge is 2.36. The average molecular weight is 322 g/mol. The molecule has 3 rings (SSSR count). The van der Waals surface area contributed by atoms with Gasteiger partial charge in [0.2, 0.25) is 0 Å². The normalized spacial score (nSPS) is 24.1. The molecule has 1 heterocycles. The van der Waals surface area contributed by atoms with Gasteiger partial charge in [-0.3, -0.25) is 0 Å². The molecule has 2 atom stereocenters. The van der Waals surface area contributed by atoms with Crippen LogP contribution in [-0.4, -0.2) is 31.9 Å². The van der Waals surface area contributed by atoms with Gasteiger partial charge in [-0.2, -0.15) is 0 Å². The number of carbonyl (C=O) groups is 1. The van der Waals surface area contributed by atoms with Crippen LogP contribution >= 0.6 is 0 Å².